The van der Waals surface area contributed by atoms with Gasteiger partial charge in [-0.3, -0.25) is 4.79 Å². The largest absolute Gasteiger partial charge is 0.443 e. The Morgan fingerprint density at radius 2 is 1.94 bits per heavy atom. The molecular weight excluding hydrogens is 393 g/mol. The Kier molecular flexibility index (Phi) is 6.06. The third-order valence-corrected chi connectivity index (χ3v) is 5.37. The molecule has 6 heteroatoms. The first-order chi connectivity index (χ1) is 15.0. The second kappa shape index (κ2) is 9.07. The number of benzene rings is 2. The number of furan rings is 1. The molecule has 1 N–H and O–H groups in total. The van der Waals surface area contributed by atoms with E-state index in [1.54, 1.807) is 24.3 Å². The maximum Gasteiger partial charge on any atom is 0.291 e. The SMILES string of the molecule is CN(C)C1CCN(c2ccc(NC(=O)c3ccc(C#Cc4cccc(F)c4)o3)cc2)C1. The summed E-state index contributed by atoms with van der Waals surface area (Å²) in [6.45, 7) is 2.03. The molecule has 4 rings (SSSR count). The van der Waals surface area contributed by atoms with Gasteiger partial charge in [-0.05, 0) is 81.0 Å². The van der Waals surface area contributed by atoms with Crippen LogP contribution in [0.1, 0.15) is 28.3 Å². The van der Waals surface area contributed by atoms with Crippen molar-refractivity contribution in [3.8, 4) is 11.8 Å². The number of anilines is 2. The molecule has 31 heavy (non-hydrogen) atoms. The highest BCUT2D eigenvalue weighted by atomic mass is 19.1. The zero-order valence-corrected chi connectivity index (χ0v) is 17.6. The van der Waals surface area contributed by atoms with E-state index in [1.165, 1.54) is 12.1 Å². The fourth-order valence-electron chi connectivity index (χ4n) is 3.57. The van der Waals surface area contributed by atoms with Crippen LogP contribution in [0.4, 0.5) is 15.8 Å². The maximum atomic E-state index is 13.2. The second-order valence-corrected chi connectivity index (χ2v) is 7.78. The fraction of sp³-hybridized carbons (Fsp3) is 0.240. The van der Waals surface area contributed by atoms with Crippen LogP contribution in [0.25, 0.3) is 0 Å². The summed E-state index contributed by atoms with van der Waals surface area (Å²) in [5.74, 6) is 5.44. The van der Waals surface area contributed by atoms with Crippen molar-refractivity contribution >= 4 is 17.3 Å². The van der Waals surface area contributed by atoms with Gasteiger partial charge in [-0.15, -0.1) is 0 Å². The summed E-state index contributed by atoms with van der Waals surface area (Å²) in [7, 11) is 4.22. The van der Waals surface area contributed by atoms with E-state index in [0.29, 0.717) is 23.1 Å². The van der Waals surface area contributed by atoms with Gasteiger partial charge in [0.15, 0.2) is 11.5 Å². The summed E-state index contributed by atoms with van der Waals surface area (Å²) in [5, 5.41) is 2.84. The van der Waals surface area contributed by atoms with Crippen molar-refractivity contribution in [1.82, 2.24) is 4.90 Å². The third kappa shape index (κ3) is 5.14. The Hall–Kier alpha value is -3.56. The van der Waals surface area contributed by atoms with E-state index in [2.05, 4.69) is 41.1 Å². The van der Waals surface area contributed by atoms with E-state index in [-0.39, 0.29) is 17.5 Å². The Bertz CT molecular complexity index is 1130. The van der Waals surface area contributed by atoms with Crippen molar-refractivity contribution in [2.75, 3.05) is 37.4 Å². The van der Waals surface area contributed by atoms with Gasteiger partial charge in [-0.25, -0.2) is 4.39 Å². The molecule has 0 spiro atoms. The standard InChI is InChI=1S/C25H24FN3O2/c1-28(2)22-14-15-29(17-22)21-9-7-20(8-10-21)27-25(30)24-13-12-23(31-24)11-6-18-4-3-5-19(26)16-18/h3-5,7-10,12-13,16,22H,14-15,17H2,1-2H3,(H,27,30). The quantitative estimate of drug-likeness (QED) is 0.646. The third-order valence-electron chi connectivity index (χ3n) is 5.37. The van der Waals surface area contributed by atoms with E-state index in [9.17, 15) is 9.18 Å². The molecule has 1 aliphatic rings. The Balaban J connectivity index is 1.37. The highest BCUT2D eigenvalue weighted by Gasteiger charge is 2.24. The summed E-state index contributed by atoms with van der Waals surface area (Å²) in [4.78, 5) is 17.1. The molecule has 158 valence electrons. The van der Waals surface area contributed by atoms with E-state index >= 15 is 0 Å². The number of carbonyl (C=O) groups excluding carboxylic acids is 1. The maximum absolute atomic E-state index is 13.2. The lowest BCUT2D eigenvalue weighted by Gasteiger charge is -2.22. The minimum atomic E-state index is -0.348. The Morgan fingerprint density at radius 1 is 1.13 bits per heavy atom. The van der Waals surface area contributed by atoms with Crippen LogP contribution in [0.5, 0.6) is 0 Å². The number of carbonyl (C=O) groups is 1. The minimum absolute atomic E-state index is 0.168. The number of nitrogens with one attached hydrogen (secondary N) is 1. The molecule has 1 aliphatic heterocycles. The number of hydrogen-bond donors (Lipinski definition) is 1. The zero-order valence-electron chi connectivity index (χ0n) is 17.6. The average Bonchev–Trinajstić information content (AvgIpc) is 3.43. The van der Waals surface area contributed by atoms with Crippen LogP contribution in [0, 0.1) is 17.7 Å². The van der Waals surface area contributed by atoms with Crippen LogP contribution in [0.2, 0.25) is 0 Å². The number of likely N-dealkylation sites (N-methyl/N-ethyl adjacent to an activating group) is 1. The molecule has 5 nitrogen and oxygen atoms in total. The van der Waals surface area contributed by atoms with Crippen LogP contribution < -0.4 is 10.2 Å². The molecule has 0 radical (unpaired) electrons. The molecule has 0 saturated carbocycles. The number of halogens is 1. The predicted molar refractivity (Wildman–Crippen MR) is 120 cm³/mol. The first kappa shape index (κ1) is 20.7. The summed E-state index contributed by atoms with van der Waals surface area (Å²) in [5.41, 5.74) is 2.38. The van der Waals surface area contributed by atoms with Gasteiger partial charge in [0.2, 0.25) is 0 Å². The van der Waals surface area contributed by atoms with Gasteiger partial charge in [-0.1, -0.05) is 12.0 Å². The van der Waals surface area contributed by atoms with E-state index in [4.69, 9.17) is 4.42 Å². The highest BCUT2D eigenvalue weighted by Crippen LogP contribution is 2.24. The molecule has 1 atom stereocenters. The van der Waals surface area contributed by atoms with Gasteiger partial charge in [0, 0.05) is 36.1 Å². The van der Waals surface area contributed by atoms with Crippen molar-refractivity contribution in [3.63, 3.8) is 0 Å². The highest BCUT2D eigenvalue weighted by molar-refractivity contribution is 6.02. The molecule has 1 amide bonds. The summed E-state index contributed by atoms with van der Waals surface area (Å²) in [6.07, 6.45) is 1.15. The van der Waals surface area contributed by atoms with E-state index in [1.807, 2.05) is 24.3 Å². The predicted octanol–water partition coefficient (Wildman–Crippen LogP) is 4.21. The minimum Gasteiger partial charge on any atom is -0.443 e. The van der Waals surface area contributed by atoms with Crippen LogP contribution in [0.15, 0.2) is 65.1 Å². The molecule has 2 aromatic carbocycles. The van der Waals surface area contributed by atoms with Crippen LogP contribution in [-0.2, 0) is 0 Å². The van der Waals surface area contributed by atoms with E-state index in [0.717, 1.165) is 25.2 Å². The lowest BCUT2D eigenvalue weighted by atomic mass is 10.2. The molecule has 1 saturated heterocycles. The number of hydrogen-bond acceptors (Lipinski definition) is 4. The van der Waals surface area contributed by atoms with Crippen LogP contribution >= 0.6 is 0 Å². The monoisotopic (exact) mass is 417 g/mol. The topological polar surface area (TPSA) is 48.7 Å². The number of nitrogens with zero attached hydrogens (tertiary/aromatic N) is 2. The van der Waals surface area contributed by atoms with Gasteiger partial charge < -0.3 is 19.5 Å². The van der Waals surface area contributed by atoms with E-state index < -0.39 is 0 Å². The molecule has 3 aromatic rings. The summed E-state index contributed by atoms with van der Waals surface area (Å²) < 4.78 is 18.7. The van der Waals surface area contributed by atoms with Gasteiger partial charge in [0.1, 0.15) is 5.82 Å². The molecule has 1 unspecified atom stereocenters. The summed E-state index contributed by atoms with van der Waals surface area (Å²) >= 11 is 0. The fourth-order valence-corrected chi connectivity index (χ4v) is 3.57. The van der Waals surface area contributed by atoms with Crippen molar-refractivity contribution in [1.29, 1.82) is 0 Å². The number of amides is 1. The van der Waals surface area contributed by atoms with Crippen molar-refractivity contribution < 1.29 is 13.6 Å². The molecule has 1 fully saturated rings. The van der Waals surface area contributed by atoms with Crippen LogP contribution in [-0.4, -0.2) is 44.0 Å². The summed E-state index contributed by atoms with van der Waals surface area (Å²) in [6, 6.07) is 17.6. The molecule has 1 aromatic heterocycles. The Labute approximate surface area is 181 Å². The van der Waals surface area contributed by atoms with Crippen molar-refractivity contribution in [3.05, 3.63) is 83.6 Å². The van der Waals surface area contributed by atoms with Gasteiger partial charge in [0.05, 0.1) is 0 Å². The van der Waals surface area contributed by atoms with Crippen molar-refractivity contribution in [2.24, 2.45) is 0 Å². The second-order valence-electron chi connectivity index (χ2n) is 7.78. The lowest BCUT2D eigenvalue weighted by molar-refractivity contribution is 0.0996. The molecule has 2 heterocycles. The first-order valence-electron chi connectivity index (χ1n) is 10.2. The Morgan fingerprint density at radius 3 is 2.65 bits per heavy atom. The molecule has 0 aliphatic carbocycles. The smallest absolute Gasteiger partial charge is 0.291 e. The normalized spacial score (nSPS) is 15.6. The number of rotatable bonds is 4. The van der Waals surface area contributed by atoms with Gasteiger partial charge in [-0.2, -0.15) is 0 Å². The van der Waals surface area contributed by atoms with Gasteiger partial charge in [0.25, 0.3) is 5.91 Å². The molecule has 0 bridgehead atoms. The van der Waals surface area contributed by atoms with Gasteiger partial charge >= 0.3 is 0 Å². The average molecular weight is 417 g/mol. The molecular formula is C25H24FN3O2. The van der Waals surface area contributed by atoms with Crippen LogP contribution in [0.3, 0.4) is 0 Å². The zero-order chi connectivity index (χ0) is 21.8. The van der Waals surface area contributed by atoms with Crippen molar-refractivity contribution in [2.45, 2.75) is 12.5 Å². The first-order valence-corrected chi connectivity index (χ1v) is 10.2. The lowest BCUT2D eigenvalue weighted by Crippen LogP contribution is -2.31.